The van der Waals surface area contributed by atoms with E-state index < -0.39 is 0 Å². The van der Waals surface area contributed by atoms with Gasteiger partial charge in [-0.15, -0.1) is 0 Å². The second-order valence-corrected chi connectivity index (χ2v) is 9.56. The van der Waals surface area contributed by atoms with E-state index in [1.54, 1.807) is 18.3 Å². The van der Waals surface area contributed by atoms with E-state index in [1.807, 2.05) is 30.3 Å². The van der Waals surface area contributed by atoms with Gasteiger partial charge in [0.05, 0.1) is 11.0 Å². The number of aryl methyl sites for hydroxylation is 2. The summed E-state index contributed by atoms with van der Waals surface area (Å²) < 4.78 is 0. The first-order valence-electron chi connectivity index (χ1n) is 12.9. The molecule has 7 aromatic rings. The molecule has 190 valence electrons. The van der Waals surface area contributed by atoms with Crippen LogP contribution in [0.1, 0.15) is 11.4 Å². The SMILES string of the molecule is Cc1cc(-c2ccccc2)c2ccc3c(-c4ccccc4)cc(C)nc3c2n1.Oc1cccc2cccnc12.[LiH]. The van der Waals surface area contributed by atoms with Crippen molar-refractivity contribution in [2.24, 2.45) is 0 Å². The first-order valence-corrected chi connectivity index (χ1v) is 12.9. The first kappa shape index (κ1) is 27.1. The van der Waals surface area contributed by atoms with Crippen molar-refractivity contribution < 1.29 is 5.11 Å². The number of pyridine rings is 3. The summed E-state index contributed by atoms with van der Waals surface area (Å²) in [6.45, 7) is 4.11. The third kappa shape index (κ3) is 5.33. The fourth-order valence-electron chi connectivity index (χ4n) is 5.03. The Hall–Kier alpha value is -4.49. The van der Waals surface area contributed by atoms with Crippen molar-refractivity contribution in [1.29, 1.82) is 0 Å². The average molecular weight is 514 g/mol. The number of hydrogen-bond acceptors (Lipinski definition) is 4. The molecule has 0 radical (unpaired) electrons. The third-order valence-electron chi connectivity index (χ3n) is 6.80. The van der Waals surface area contributed by atoms with Crippen LogP contribution in [0, 0.1) is 13.8 Å². The van der Waals surface area contributed by atoms with Gasteiger partial charge in [0.15, 0.2) is 0 Å². The van der Waals surface area contributed by atoms with Gasteiger partial charge in [-0.05, 0) is 60.4 Å². The maximum absolute atomic E-state index is 9.31. The summed E-state index contributed by atoms with van der Waals surface area (Å²) in [6.07, 6.45) is 1.67. The van der Waals surface area contributed by atoms with Gasteiger partial charge in [-0.3, -0.25) is 15.0 Å². The summed E-state index contributed by atoms with van der Waals surface area (Å²) in [6, 6.07) is 38.8. The zero-order valence-electron chi connectivity index (χ0n) is 21.8. The van der Waals surface area contributed by atoms with E-state index in [-0.39, 0.29) is 24.6 Å². The van der Waals surface area contributed by atoms with Gasteiger partial charge in [-0.2, -0.15) is 0 Å². The molecule has 0 fully saturated rings. The zero-order valence-corrected chi connectivity index (χ0v) is 21.8. The monoisotopic (exact) mass is 513 g/mol. The van der Waals surface area contributed by atoms with E-state index in [4.69, 9.17) is 9.97 Å². The molecule has 0 spiro atoms. The number of aromatic nitrogens is 3. The number of aromatic hydroxyl groups is 1. The van der Waals surface area contributed by atoms with Gasteiger partial charge >= 0.3 is 18.9 Å². The quantitative estimate of drug-likeness (QED) is 0.188. The van der Waals surface area contributed by atoms with E-state index in [9.17, 15) is 5.11 Å². The van der Waals surface area contributed by atoms with Crippen LogP contribution in [0.3, 0.4) is 0 Å². The Morgan fingerprint density at radius 1 is 0.525 bits per heavy atom. The predicted octanol–water partition coefficient (Wildman–Crippen LogP) is 8.03. The fraction of sp³-hybridized carbons (Fsp3) is 0.0571. The summed E-state index contributed by atoms with van der Waals surface area (Å²) in [4.78, 5) is 13.8. The van der Waals surface area contributed by atoms with Crippen LogP contribution in [0.5, 0.6) is 5.75 Å². The molecule has 0 saturated carbocycles. The molecule has 0 aliphatic carbocycles. The fourth-order valence-corrected chi connectivity index (χ4v) is 5.03. The summed E-state index contributed by atoms with van der Waals surface area (Å²) in [5, 5.41) is 12.6. The molecule has 1 N–H and O–H groups in total. The summed E-state index contributed by atoms with van der Waals surface area (Å²) in [7, 11) is 0. The minimum absolute atomic E-state index is 0. The van der Waals surface area contributed by atoms with Gasteiger partial charge in [0.25, 0.3) is 0 Å². The van der Waals surface area contributed by atoms with Gasteiger partial charge in [-0.25, -0.2) is 0 Å². The number of rotatable bonds is 2. The Balaban J connectivity index is 0.000000226. The molecule has 3 aromatic heterocycles. The van der Waals surface area contributed by atoms with Gasteiger partial charge in [-0.1, -0.05) is 91.0 Å². The summed E-state index contributed by atoms with van der Waals surface area (Å²) >= 11 is 0. The molecule has 4 aromatic carbocycles. The Kier molecular flexibility index (Phi) is 7.93. The van der Waals surface area contributed by atoms with E-state index >= 15 is 0 Å². The molecular weight excluding hydrogens is 485 g/mol. The van der Waals surface area contributed by atoms with Crippen molar-refractivity contribution >= 4 is 51.6 Å². The van der Waals surface area contributed by atoms with Gasteiger partial charge in [0, 0.05) is 33.7 Å². The normalized spacial score (nSPS) is 10.7. The Morgan fingerprint density at radius 3 is 1.52 bits per heavy atom. The van der Waals surface area contributed by atoms with Crippen molar-refractivity contribution in [3.8, 4) is 28.0 Å². The number of para-hydroxylation sites is 1. The van der Waals surface area contributed by atoms with Crippen LogP contribution in [0.2, 0.25) is 0 Å². The van der Waals surface area contributed by atoms with Crippen molar-refractivity contribution in [3.05, 3.63) is 133 Å². The number of nitrogens with zero attached hydrogens (tertiary/aromatic N) is 3. The number of phenolic OH excluding ortho intramolecular Hbond substituents is 1. The Morgan fingerprint density at radius 2 is 1.02 bits per heavy atom. The van der Waals surface area contributed by atoms with Crippen LogP contribution < -0.4 is 0 Å². The topological polar surface area (TPSA) is 58.9 Å². The van der Waals surface area contributed by atoms with E-state index in [2.05, 4.69) is 91.6 Å². The average Bonchev–Trinajstić information content (AvgIpc) is 2.98. The van der Waals surface area contributed by atoms with Crippen LogP contribution in [0.25, 0.3) is 55.0 Å². The molecule has 0 saturated heterocycles. The van der Waals surface area contributed by atoms with Crippen LogP contribution >= 0.6 is 0 Å². The Bertz CT molecular complexity index is 1830. The summed E-state index contributed by atoms with van der Waals surface area (Å²) in [5.41, 5.74) is 9.42. The second-order valence-electron chi connectivity index (χ2n) is 9.56. The molecule has 40 heavy (non-hydrogen) atoms. The number of fused-ring (bicyclic) bond motifs is 4. The van der Waals surface area contributed by atoms with Gasteiger partial charge in [0.1, 0.15) is 11.3 Å². The predicted molar refractivity (Wildman–Crippen MR) is 168 cm³/mol. The molecule has 3 heterocycles. The van der Waals surface area contributed by atoms with E-state index in [0.717, 1.165) is 38.6 Å². The summed E-state index contributed by atoms with van der Waals surface area (Å²) in [5.74, 6) is 0.239. The molecule has 0 atom stereocenters. The van der Waals surface area contributed by atoms with Crippen molar-refractivity contribution in [2.45, 2.75) is 13.8 Å². The maximum atomic E-state index is 9.31. The Labute approximate surface area is 245 Å². The second kappa shape index (κ2) is 11.7. The molecule has 0 amide bonds. The molecule has 0 bridgehead atoms. The first-order chi connectivity index (χ1) is 19.1. The number of benzene rings is 4. The van der Waals surface area contributed by atoms with Crippen LogP contribution in [0.4, 0.5) is 0 Å². The van der Waals surface area contributed by atoms with Gasteiger partial charge < -0.3 is 5.11 Å². The molecule has 5 heteroatoms. The molecule has 0 aliphatic rings. The van der Waals surface area contributed by atoms with E-state index in [0.29, 0.717) is 5.52 Å². The molecule has 0 aliphatic heterocycles. The third-order valence-corrected chi connectivity index (χ3v) is 6.80. The van der Waals surface area contributed by atoms with Crippen LogP contribution in [0.15, 0.2) is 121 Å². The molecular formula is C35H28LiN3O. The molecule has 7 rings (SSSR count). The van der Waals surface area contributed by atoms with Crippen LogP contribution in [-0.2, 0) is 0 Å². The van der Waals surface area contributed by atoms with Gasteiger partial charge in [0.2, 0.25) is 0 Å². The number of hydrogen-bond donors (Lipinski definition) is 1. The minimum atomic E-state index is 0. The van der Waals surface area contributed by atoms with Crippen molar-refractivity contribution in [2.75, 3.05) is 0 Å². The number of phenols is 1. The van der Waals surface area contributed by atoms with Crippen molar-refractivity contribution in [3.63, 3.8) is 0 Å². The standard InChI is InChI=1S/C26H20N2.C9H7NO.Li.H/c1-17-15-23(19-9-5-3-6-10-19)21-13-14-22-24(20-11-7-4-8-12-20)16-18(2)28-26(22)25(21)27-17;11-8-5-1-3-7-4-2-6-10-9(7)8;;/h3-16H,1-2H3;1-6,11H;;. The molecule has 4 nitrogen and oxygen atoms in total. The zero-order chi connectivity index (χ0) is 26.8. The van der Waals surface area contributed by atoms with Crippen LogP contribution in [-0.4, -0.2) is 38.9 Å². The molecule has 0 unspecified atom stereocenters. The van der Waals surface area contributed by atoms with E-state index in [1.165, 1.54) is 22.3 Å². The van der Waals surface area contributed by atoms with Crippen molar-refractivity contribution in [1.82, 2.24) is 15.0 Å².